The molecule has 1 atom stereocenters. The highest BCUT2D eigenvalue weighted by Crippen LogP contribution is 2.02. The number of aliphatic hydroxyl groups excluding tert-OH is 1. The zero-order valence-corrected chi connectivity index (χ0v) is 7.68. The van der Waals surface area contributed by atoms with Crippen LogP contribution in [0.25, 0.3) is 6.08 Å². The first-order valence-electron chi connectivity index (χ1n) is 4.23. The molecule has 1 aromatic carbocycles. The third-order valence-electron chi connectivity index (χ3n) is 1.79. The van der Waals surface area contributed by atoms with Crippen molar-refractivity contribution < 1.29 is 9.84 Å². The highest BCUT2D eigenvalue weighted by molar-refractivity contribution is 5.49. The van der Waals surface area contributed by atoms with Gasteiger partial charge in [0.1, 0.15) is 0 Å². The molecule has 2 heteroatoms. The molecule has 0 aliphatic heterocycles. The van der Waals surface area contributed by atoms with E-state index < -0.39 is 0 Å². The molecule has 0 bridgehead atoms. The number of methoxy groups -OCH3 is 1. The zero-order chi connectivity index (χ0) is 9.52. The predicted molar refractivity (Wildman–Crippen MR) is 53.4 cm³/mol. The van der Waals surface area contributed by atoms with Gasteiger partial charge in [-0.25, -0.2) is 0 Å². The summed E-state index contributed by atoms with van der Waals surface area (Å²) in [6.07, 6.45) is 3.57. The summed E-state index contributed by atoms with van der Waals surface area (Å²) in [4.78, 5) is 0. The number of benzene rings is 1. The molecule has 1 aromatic rings. The Morgan fingerprint density at radius 3 is 2.62 bits per heavy atom. The van der Waals surface area contributed by atoms with E-state index in [-0.39, 0.29) is 12.7 Å². The number of ether oxygens (including phenoxy) is 1. The van der Waals surface area contributed by atoms with Crippen LogP contribution in [0.1, 0.15) is 5.56 Å². The van der Waals surface area contributed by atoms with Crippen molar-refractivity contribution in [2.24, 2.45) is 0 Å². The lowest BCUT2D eigenvalue weighted by Gasteiger charge is -2.05. The first-order chi connectivity index (χ1) is 6.36. The summed E-state index contributed by atoms with van der Waals surface area (Å²) in [5, 5.41) is 8.83. The predicted octanol–water partition coefficient (Wildman–Crippen LogP) is 1.71. The van der Waals surface area contributed by atoms with Crippen LogP contribution in [0.4, 0.5) is 0 Å². The molecule has 0 heterocycles. The summed E-state index contributed by atoms with van der Waals surface area (Å²) in [5.74, 6) is 0. The highest BCUT2D eigenvalue weighted by Gasteiger charge is 1.97. The van der Waals surface area contributed by atoms with E-state index in [1.165, 1.54) is 0 Å². The van der Waals surface area contributed by atoms with Gasteiger partial charge in [0.15, 0.2) is 0 Å². The van der Waals surface area contributed by atoms with E-state index in [2.05, 4.69) is 0 Å². The zero-order valence-electron chi connectivity index (χ0n) is 7.68. The monoisotopic (exact) mass is 178 g/mol. The van der Waals surface area contributed by atoms with Crippen molar-refractivity contribution in [2.45, 2.75) is 6.10 Å². The first kappa shape index (κ1) is 9.96. The summed E-state index contributed by atoms with van der Waals surface area (Å²) < 4.78 is 4.98. The van der Waals surface area contributed by atoms with Crippen molar-refractivity contribution in [3.63, 3.8) is 0 Å². The molecular formula is C11H14O2. The fourth-order valence-electron chi connectivity index (χ4n) is 0.997. The Hall–Kier alpha value is -1.12. The minimum absolute atomic E-state index is 0.0137. The second-order valence-corrected chi connectivity index (χ2v) is 2.73. The number of hydrogen-bond acceptors (Lipinski definition) is 2. The number of aliphatic hydroxyl groups is 1. The van der Waals surface area contributed by atoms with Gasteiger partial charge in [0.05, 0.1) is 12.7 Å². The fraction of sp³-hybridized carbons (Fsp3) is 0.273. The maximum atomic E-state index is 8.83. The molecule has 0 radical (unpaired) electrons. The van der Waals surface area contributed by atoms with Gasteiger partial charge in [-0.15, -0.1) is 0 Å². The molecule has 0 amide bonds. The van der Waals surface area contributed by atoms with E-state index in [1.807, 2.05) is 42.5 Å². The molecule has 0 saturated heterocycles. The van der Waals surface area contributed by atoms with Crippen LogP contribution in [-0.2, 0) is 4.74 Å². The van der Waals surface area contributed by atoms with Gasteiger partial charge in [-0.1, -0.05) is 42.5 Å². The van der Waals surface area contributed by atoms with E-state index >= 15 is 0 Å². The summed E-state index contributed by atoms with van der Waals surface area (Å²) in [6, 6.07) is 9.92. The third-order valence-corrected chi connectivity index (χ3v) is 1.79. The first-order valence-corrected chi connectivity index (χ1v) is 4.23. The summed E-state index contributed by atoms with van der Waals surface area (Å²) in [7, 11) is 1.58. The SMILES string of the molecule is CO[C@H](/C=C/c1ccccc1)CO. The summed E-state index contributed by atoms with van der Waals surface area (Å²) >= 11 is 0. The van der Waals surface area contributed by atoms with Gasteiger partial charge >= 0.3 is 0 Å². The van der Waals surface area contributed by atoms with Crippen molar-refractivity contribution in [1.29, 1.82) is 0 Å². The molecule has 1 rings (SSSR count). The molecule has 0 spiro atoms. The standard InChI is InChI=1S/C11H14O2/c1-13-11(9-12)8-7-10-5-3-2-4-6-10/h2-8,11-12H,9H2,1H3/b8-7+/t11-/m1/s1. The summed E-state index contributed by atoms with van der Waals surface area (Å²) in [5.41, 5.74) is 1.11. The van der Waals surface area contributed by atoms with E-state index in [0.29, 0.717) is 0 Å². The van der Waals surface area contributed by atoms with Crippen LogP contribution in [-0.4, -0.2) is 24.9 Å². The average molecular weight is 178 g/mol. The highest BCUT2D eigenvalue weighted by atomic mass is 16.5. The van der Waals surface area contributed by atoms with Gasteiger partial charge in [-0.05, 0) is 5.56 Å². The van der Waals surface area contributed by atoms with Crippen LogP contribution in [0.5, 0.6) is 0 Å². The summed E-state index contributed by atoms with van der Waals surface area (Å²) in [6.45, 7) is 0.0137. The van der Waals surface area contributed by atoms with Crippen molar-refractivity contribution in [2.75, 3.05) is 13.7 Å². The molecular weight excluding hydrogens is 164 g/mol. The van der Waals surface area contributed by atoms with Gasteiger partial charge in [-0.2, -0.15) is 0 Å². The topological polar surface area (TPSA) is 29.5 Å². The maximum absolute atomic E-state index is 8.83. The van der Waals surface area contributed by atoms with Crippen LogP contribution in [0, 0.1) is 0 Å². The molecule has 2 nitrogen and oxygen atoms in total. The third kappa shape index (κ3) is 3.40. The van der Waals surface area contributed by atoms with Crippen LogP contribution < -0.4 is 0 Å². The van der Waals surface area contributed by atoms with E-state index in [9.17, 15) is 0 Å². The Bertz CT molecular complexity index is 250. The lowest BCUT2D eigenvalue weighted by molar-refractivity contribution is 0.0825. The molecule has 0 fully saturated rings. The molecule has 1 N–H and O–H groups in total. The lowest BCUT2D eigenvalue weighted by Crippen LogP contribution is -2.11. The van der Waals surface area contributed by atoms with Crippen LogP contribution >= 0.6 is 0 Å². The molecule has 70 valence electrons. The smallest absolute Gasteiger partial charge is 0.0985 e. The van der Waals surface area contributed by atoms with Crippen LogP contribution in [0.2, 0.25) is 0 Å². The second kappa shape index (κ2) is 5.51. The maximum Gasteiger partial charge on any atom is 0.0985 e. The van der Waals surface area contributed by atoms with Crippen molar-refractivity contribution in [3.8, 4) is 0 Å². The Morgan fingerprint density at radius 1 is 1.38 bits per heavy atom. The molecule has 0 aromatic heterocycles. The molecule has 13 heavy (non-hydrogen) atoms. The van der Waals surface area contributed by atoms with E-state index in [4.69, 9.17) is 9.84 Å². The van der Waals surface area contributed by atoms with Gasteiger partial charge in [0.2, 0.25) is 0 Å². The largest absolute Gasteiger partial charge is 0.393 e. The quantitative estimate of drug-likeness (QED) is 0.760. The molecule has 0 aliphatic rings. The van der Waals surface area contributed by atoms with Crippen molar-refractivity contribution >= 4 is 6.08 Å². The van der Waals surface area contributed by atoms with Crippen LogP contribution in [0.3, 0.4) is 0 Å². The van der Waals surface area contributed by atoms with E-state index in [0.717, 1.165) is 5.56 Å². The van der Waals surface area contributed by atoms with Gasteiger partial charge in [0.25, 0.3) is 0 Å². The molecule has 0 saturated carbocycles. The Labute approximate surface area is 78.5 Å². The minimum atomic E-state index is -0.208. The molecule has 0 aliphatic carbocycles. The second-order valence-electron chi connectivity index (χ2n) is 2.73. The Kier molecular flexibility index (Phi) is 4.23. The number of rotatable bonds is 4. The normalized spacial score (nSPS) is 13.4. The lowest BCUT2D eigenvalue weighted by atomic mass is 10.2. The minimum Gasteiger partial charge on any atom is -0.393 e. The van der Waals surface area contributed by atoms with Gasteiger partial charge in [-0.3, -0.25) is 0 Å². The Balaban J connectivity index is 2.57. The fourth-order valence-corrected chi connectivity index (χ4v) is 0.997. The van der Waals surface area contributed by atoms with Crippen molar-refractivity contribution in [3.05, 3.63) is 42.0 Å². The Morgan fingerprint density at radius 2 is 2.08 bits per heavy atom. The van der Waals surface area contributed by atoms with Gasteiger partial charge < -0.3 is 9.84 Å². The average Bonchev–Trinajstić information content (AvgIpc) is 2.21. The van der Waals surface area contributed by atoms with E-state index in [1.54, 1.807) is 7.11 Å². The number of hydrogen-bond donors (Lipinski definition) is 1. The van der Waals surface area contributed by atoms with Gasteiger partial charge in [0, 0.05) is 7.11 Å². The van der Waals surface area contributed by atoms with Crippen molar-refractivity contribution in [1.82, 2.24) is 0 Å². The van der Waals surface area contributed by atoms with Crippen LogP contribution in [0.15, 0.2) is 36.4 Å². The molecule has 0 unspecified atom stereocenters.